The lowest BCUT2D eigenvalue weighted by Gasteiger charge is -2.45. The molecule has 0 spiro atoms. The van der Waals surface area contributed by atoms with E-state index in [-0.39, 0.29) is 12.5 Å². The summed E-state index contributed by atoms with van der Waals surface area (Å²) >= 11 is 0. The van der Waals surface area contributed by atoms with E-state index in [0.29, 0.717) is 12.1 Å². The van der Waals surface area contributed by atoms with Gasteiger partial charge in [0, 0.05) is 72.7 Å². The van der Waals surface area contributed by atoms with Crippen molar-refractivity contribution in [2.75, 3.05) is 73.7 Å². The number of hydrogen-bond acceptors (Lipinski definition) is 5. The van der Waals surface area contributed by atoms with Crippen molar-refractivity contribution in [3.8, 4) is 0 Å². The summed E-state index contributed by atoms with van der Waals surface area (Å²) in [6, 6.07) is 0.785. The number of hydrogen-bond donors (Lipinski definition) is 1. The van der Waals surface area contributed by atoms with E-state index in [4.69, 9.17) is 9.47 Å². The van der Waals surface area contributed by atoms with Crippen LogP contribution in [0, 0.1) is 0 Å². The summed E-state index contributed by atoms with van der Waals surface area (Å²) in [7, 11) is 5.25. The number of nitrogens with one attached hydrogen (secondary N) is 1. The molecule has 8 heteroatoms. The maximum absolute atomic E-state index is 12.0. The van der Waals surface area contributed by atoms with Crippen LogP contribution >= 0.6 is 0 Å². The molecule has 1 fully saturated rings. The normalized spacial score (nSPS) is 21.4. The Morgan fingerprint density at radius 2 is 1.89 bits per heavy atom. The molecular formula is C19H39N5O3. The summed E-state index contributed by atoms with van der Waals surface area (Å²) < 4.78 is 10.6. The molecular weight excluding hydrogens is 346 g/mol. The fourth-order valence-electron chi connectivity index (χ4n) is 3.24. The van der Waals surface area contributed by atoms with Gasteiger partial charge in [-0.3, -0.25) is 9.69 Å². The van der Waals surface area contributed by atoms with Gasteiger partial charge in [-0.2, -0.15) is 0 Å². The summed E-state index contributed by atoms with van der Waals surface area (Å²) in [5.74, 6) is 0.815. The average Bonchev–Trinajstić information content (AvgIpc) is 2.62. The van der Waals surface area contributed by atoms with Crippen LogP contribution in [0.5, 0.6) is 0 Å². The highest BCUT2D eigenvalue weighted by Crippen LogP contribution is 2.15. The van der Waals surface area contributed by atoms with Crippen LogP contribution in [-0.2, 0) is 14.3 Å². The molecule has 0 aromatic carbocycles. The first-order chi connectivity index (χ1) is 12.9. The molecule has 1 aliphatic rings. The number of methoxy groups -OCH3 is 1. The van der Waals surface area contributed by atoms with Crippen LogP contribution in [0.1, 0.15) is 27.2 Å². The van der Waals surface area contributed by atoms with E-state index in [1.165, 1.54) is 0 Å². The number of piperazine rings is 1. The van der Waals surface area contributed by atoms with Gasteiger partial charge in [-0.25, -0.2) is 4.99 Å². The van der Waals surface area contributed by atoms with E-state index in [1.807, 2.05) is 6.92 Å². The van der Waals surface area contributed by atoms with E-state index < -0.39 is 0 Å². The molecule has 1 N–H and O–H groups in total. The Balaban J connectivity index is 2.73. The summed E-state index contributed by atoms with van der Waals surface area (Å²) in [4.78, 5) is 22.9. The Bertz CT molecular complexity index is 447. The number of carbonyl (C=O) groups is 1. The molecule has 0 aromatic rings. The van der Waals surface area contributed by atoms with E-state index in [2.05, 4.69) is 34.0 Å². The number of carbonyl (C=O) groups excluding carboxylic acids is 1. The van der Waals surface area contributed by atoms with Crippen LogP contribution in [0.15, 0.2) is 4.99 Å². The molecule has 0 bridgehead atoms. The first kappa shape index (κ1) is 23.7. The van der Waals surface area contributed by atoms with Crippen molar-refractivity contribution in [1.82, 2.24) is 20.0 Å². The highest BCUT2D eigenvalue weighted by molar-refractivity contribution is 5.85. The maximum Gasteiger partial charge on any atom is 0.243 e. The van der Waals surface area contributed by atoms with E-state index in [9.17, 15) is 4.79 Å². The smallest absolute Gasteiger partial charge is 0.243 e. The maximum atomic E-state index is 12.0. The molecule has 158 valence electrons. The second kappa shape index (κ2) is 12.9. The first-order valence-corrected chi connectivity index (χ1v) is 9.96. The summed E-state index contributed by atoms with van der Waals surface area (Å²) in [6.45, 7) is 12.3. The summed E-state index contributed by atoms with van der Waals surface area (Å²) in [5, 5.41) is 3.42. The highest BCUT2D eigenvalue weighted by Gasteiger charge is 2.30. The second-order valence-electron chi connectivity index (χ2n) is 7.24. The predicted octanol–water partition coefficient (Wildman–Crippen LogP) is 0.488. The minimum Gasteiger partial charge on any atom is -0.383 e. The summed E-state index contributed by atoms with van der Waals surface area (Å²) in [5.41, 5.74) is 0. The summed E-state index contributed by atoms with van der Waals surface area (Å²) in [6.07, 6.45) is 0.910. The van der Waals surface area contributed by atoms with Gasteiger partial charge in [0.1, 0.15) is 6.54 Å². The Hall–Kier alpha value is -1.38. The van der Waals surface area contributed by atoms with Crippen LogP contribution in [0.3, 0.4) is 0 Å². The standard InChI is InChI=1S/C19H39N5O3/c1-7-27-11-8-9-20-19(21-13-18(25)22(4)5)23-14-16(2)24(10-12-26-6)17(3)15-23/h16-17H,7-15H2,1-6H3,(H,20,21). The van der Waals surface area contributed by atoms with E-state index in [0.717, 1.165) is 58.4 Å². The van der Waals surface area contributed by atoms with Gasteiger partial charge in [0.05, 0.1) is 6.61 Å². The zero-order valence-electron chi connectivity index (χ0n) is 18.0. The van der Waals surface area contributed by atoms with Crippen LogP contribution < -0.4 is 5.32 Å². The SMILES string of the molecule is CCOCCCNC(=NCC(=O)N(C)C)N1CC(C)N(CCOC)C(C)C1. The number of ether oxygens (including phenoxy) is 2. The van der Waals surface area contributed by atoms with Gasteiger partial charge in [-0.15, -0.1) is 0 Å². The topological polar surface area (TPSA) is 69.6 Å². The fraction of sp³-hybridized carbons (Fsp3) is 0.895. The van der Waals surface area contributed by atoms with Crippen molar-refractivity contribution in [1.29, 1.82) is 0 Å². The Kier molecular flexibility index (Phi) is 11.3. The van der Waals surface area contributed by atoms with Crippen molar-refractivity contribution in [3.63, 3.8) is 0 Å². The molecule has 1 saturated heterocycles. The third-order valence-electron chi connectivity index (χ3n) is 4.77. The van der Waals surface area contributed by atoms with Gasteiger partial charge in [-0.1, -0.05) is 0 Å². The monoisotopic (exact) mass is 385 g/mol. The lowest BCUT2D eigenvalue weighted by molar-refractivity contribution is -0.127. The molecule has 2 atom stereocenters. The molecule has 0 aliphatic carbocycles. The van der Waals surface area contributed by atoms with Crippen molar-refractivity contribution >= 4 is 11.9 Å². The van der Waals surface area contributed by atoms with Crippen LogP contribution in [0.2, 0.25) is 0 Å². The largest absolute Gasteiger partial charge is 0.383 e. The van der Waals surface area contributed by atoms with Gasteiger partial charge in [0.15, 0.2) is 5.96 Å². The molecule has 27 heavy (non-hydrogen) atoms. The molecule has 1 amide bonds. The van der Waals surface area contributed by atoms with Gasteiger partial charge < -0.3 is 24.6 Å². The molecule has 0 radical (unpaired) electrons. The van der Waals surface area contributed by atoms with Crippen molar-refractivity contribution in [2.45, 2.75) is 39.3 Å². The lowest BCUT2D eigenvalue weighted by atomic mass is 10.1. The number of rotatable bonds is 10. The van der Waals surface area contributed by atoms with Gasteiger partial charge in [-0.05, 0) is 27.2 Å². The molecule has 0 aromatic heterocycles. The zero-order chi connectivity index (χ0) is 20.2. The first-order valence-electron chi connectivity index (χ1n) is 9.96. The third-order valence-corrected chi connectivity index (χ3v) is 4.77. The van der Waals surface area contributed by atoms with Crippen LogP contribution in [0.25, 0.3) is 0 Å². The Morgan fingerprint density at radius 1 is 1.22 bits per heavy atom. The number of nitrogens with zero attached hydrogens (tertiary/aromatic N) is 4. The second-order valence-corrected chi connectivity index (χ2v) is 7.24. The molecule has 1 aliphatic heterocycles. The molecule has 1 rings (SSSR count). The minimum absolute atomic E-state index is 0.00319. The van der Waals surface area contributed by atoms with Gasteiger partial charge in [0.25, 0.3) is 0 Å². The lowest BCUT2D eigenvalue weighted by Crippen LogP contribution is -2.60. The predicted molar refractivity (Wildman–Crippen MR) is 109 cm³/mol. The van der Waals surface area contributed by atoms with E-state index in [1.54, 1.807) is 26.1 Å². The fourth-order valence-corrected chi connectivity index (χ4v) is 3.24. The molecule has 2 unspecified atom stereocenters. The van der Waals surface area contributed by atoms with E-state index >= 15 is 0 Å². The number of amides is 1. The third kappa shape index (κ3) is 8.45. The molecule has 0 saturated carbocycles. The number of guanidine groups is 1. The Morgan fingerprint density at radius 3 is 2.44 bits per heavy atom. The van der Waals surface area contributed by atoms with Gasteiger partial charge >= 0.3 is 0 Å². The minimum atomic E-state index is 0.00319. The van der Waals surface area contributed by atoms with Crippen LogP contribution in [0.4, 0.5) is 0 Å². The zero-order valence-corrected chi connectivity index (χ0v) is 18.0. The quantitative estimate of drug-likeness (QED) is 0.335. The highest BCUT2D eigenvalue weighted by atomic mass is 16.5. The van der Waals surface area contributed by atoms with Crippen molar-refractivity contribution < 1.29 is 14.3 Å². The van der Waals surface area contributed by atoms with Crippen LogP contribution in [-0.4, -0.2) is 112 Å². The van der Waals surface area contributed by atoms with Gasteiger partial charge in [0.2, 0.25) is 5.91 Å². The number of likely N-dealkylation sites (N-methyl/N-ethyl adjacent to an activating group) is 1. The van der Waals surface area contributed by atoms with Crippen molar-refractivity contribution in [2.24, 2.45) is 4.99 Å². The molecule has 1 heterocycles. The molecule has 8 nitrogen and oxygen atoms in total. The Labute approximate surface area is 164 Å². The van der Waals surface area contributed by atoms with Crippen molar-refractivity contribution in [3.05, 3.63) is 0 Å². The average molecular weight is 386 g/mol. The number of aliphatic imine (C=N–C) groups is 1.